The number of pyridine rings is 2. The minimum Gasteiger partial charge on any atom is -0.497 e. The zero-order valence-electron chi connectivity index (χ0n) is 20.2. The molecule has 0 saturated heterocycles. The zero-order chi connectivity index (χ0) is 25.4. The van der Waals surface area contributed by atoms with Crippen molar-refractivity contribution in [2.75, 3.05) is 27.1 Å². The van der Waals surface area contributed by atoms with Crippen LogP contribution in [-0.2, 0) is 7.05 Å². The molecule has 0 radical (unpaired) electrons. The second kappa shape index (κ2) is 8.96. The summed E-state index contributed by atoms with van der Waals surface area (Å²) in [6, 6.07) is 13.2. The van der Waals surface area contributed by atoms with E-state index in [1.807, 2.05) is 58.8 Å². The lowest BCUT2D eigenvalue weighted by Crippen LogP contribution is -2.23. The van der Waals surface area contributed by atoms with Crippen LogP contribution in [0.3, 0.4) is 0 Å². The third kappa shape index (κ3) is 3.54. The number of nitrogens with two attached hydrogens (primary N) is 1. The van der Waals surface area contributed by atoms with Crippen LogP contribution < -0.4 is 25.6 Å². The molecule has 0 bridgehead atoms. The number of hydrogen-bond acceptors (Lipinski definition) is 8. The SMILES string of the molecule is COc1ccc(-n2/c(=N\C#N)n(C)c3cnc4ccc(-c5cnc(OC)c(N)c5)cc4c32)c(OC)c1. The van der Waals surface area contributed by atoms with E-state index in [1.165, 1.54) is 7.11 Å². The zero-order valence-corrected chi connectivity index (χ0v) is 20.2. The van der Waals surface area contributed by atoms with Crippen molar-refractivity contribution in [1.82, 2.24) is 19.1 Å². The summed E-state index contributed by atoms with van der Waals surface area (Å²) >= 11 is 0. The topological polar surface area (TPSA) is 126 Å². The number of methoxy groups -OCH3 is 3. The molecule has 0 atom stereocenters. The first-order valence-electron chi connectivity index (χ1n) is 11.0. The summed E-state index contributed by atoms with van der Waals surface area (Å²) in [5.74, 6) is 1.59. The number of nitriles is 1. The number of nitrogen functional groups attached to an aromatic ring is 1. The molecular formula is C26H23N7O3. The minimum absolute atomic E-state index is 0.374. The number of aryl methyl sites for hydroxylation is 1. The third-order valence-electron chi connectivity index (χ3n) is 6.09. The van der Waals surface area contributed by atoms with Crippen molar-refractivity contribution < 1.29 is 14.2 Å². The van der Waals surface area contributed by atoms with Crippen LogP contribution in [0.2, 0.25) is 0 Å². The smallest absolute Gasteiger partial charge is 0.236 e. The number of ether oxygens (including phenoxy) is 3. The van der Waals surface area contributed by atoms with Gasteiger partial charge < -0.3 is 24.5 Å². The van der Waals surface area contributed by atoms with Gasteiger partial charge >= 0.3 is 0 Å². The Balaban J connectivity index is 1.88. The summed E-state index contributed by atoms with van der Waals surface area (Å²) in [4.78, 5) is 13.1. The average molecular weight is 482 g/mol. The maximum absolute atomic E-state index is 9.48. The summed E-state index contributed by atoms with van der Waals surface area (Å²) in [6.45, 7) is 0. The Labute approximate surface area is 206 Å². The molecule has 0 spiro atoms. The maximum Gasteiger partial charge on any atom is 0.236 e. The van der Waals surface area contributed by atoms with Gasteiger partial charge in [0.2, 0.25) is 17.7 Å². The van der Waals surface area contributed by atoms with E-state index in [0.29, 0.717) is 34.4 Å². The molecule has 0 amide bonds. The predicted octanol–water partition coefficient (Wildman–Crippen LogP) is 3.57. The number of benzene rings is 2. The third-order valence-corrected chi connectivity index (χ3v) is 6.09. The highest BCUT2D eigenvalue weighted by Crippen LogP contribution is 2.34. The first kappa shape index (κ1) is 22.7. The lowest BCUT2D eigenvalue weighted by Gasteiger charge is -2.13. The van der Waals surface area contributed by atoms with E-state index in [9.17, 15) is 5.26 Å². The predicted molar refractivity (Wildman–Crippen MR) is 136 cm³/mol. The van der Waals surface area contributed by atoms with Gasteiger partial charge in [0.1, 0.15) is 11.5 Å². The van der Waals surface area contributed by atoms with Crippen LogP contribution in [0.25, 0.3) is 38.8 Å². The van der Waals surface area contributed by atoms with Gasteiger partial charge in [-0.05, 0) is 35.9 Å². The van der Waals surface area contributed by atoms with Crippen molar-refractivity contribution in [2.45, 2.75) is 0 Å². The van der Waals surface area contributed by atoms with Crippen molar-refractivity contribution >= 4 is 27.6 Å². The van der Waals surface area contributed by atoms with Crippen molar-refractivity contribution in [1.29, 1.82) is 5.26 Å². The summed E-state index contributed by atoms with van der Waals surface area (Å²) in [7, 11) is 6.56. The van der Waals surface area contributed by atoms with Crippen LogP contribution in [0.5, 0.6) is 17.4 Å². The normalized spacial score (nSPS) is 11.6. The minimum atomic E-state index is 0.374. The lowest BCUT2D eigenvalue weighted by molar-refractivity contribution is 0.393. The molecule has 2 aromatic carbocycles. The van der Waals surface area contributed by atoms with Gasteiger partial charge in [-0.2, -0.15) is 5.26 Å². The molecule has 2 N–H and O–H groups in total. The van der Waals surface area contributed by atoms with Gasteiger partial charge in [0, 0.05) is 30.3 Å². The summed E-state index contributed by atoms with van der Waals surface area (Å²) in [5, 5.41) is 10.3. The molecule has 36 heavy (non-hydrogen) atoms. The highest BCUT2D eigenvalue weighted by molar-refractivity contribution is 6.04. The van der Waals surface area contributed by atoms with E-state index in [-0.39, 0.29) is 0 Å². The van der Waals surface area contributed by atoms with E-state index < -0.39 is 0 Å². The first-order chi connectivity index (χ1) is 17.5. The van der Waals surface area contributed by atoms with Crippen LogP contribution in [0.15, 0.2) is 59.9 Å². The van der Waals surface area contributed by atoms with Gasteiger partial charge in [-0.25, -0.2) is 4.98 Å². The fraction of sp³-hybridized carbons (Fsp3) is 0.154. The largest absolute Gasteiger partial charge is 0.497 e. The monoisotopic (exact) mass is 481 g/mol. The Bertz CT molecular complexity index is 1750. The first-order valence-corrected chi connectivity index (χ1v) is 11.0. The van der Waals surface area contributed by atoms with Gasteiger partial charge in [0.15, 0.2) is 0 Å². The van der Waals surface area contributed by atoms with Crippen molar-refractivity contribution in [2.24, 2.45) is 12.0 Å². The van der Waals surface area contributed by atoms with Gasteiger partial charge in [-0.3, -0.25) is 9.55 Å². The molecule has 0 aliphatic carbocycles. The molecule has 10 nitrogen and oxygen atoms in total. The van der Waals surface area contributed by atoms with Gasteiger partial charge in [-0.1, -0.05) is 6.07 Å². The summed E-state index contributed by atoms with van der Waals surface area (Å²) in [5.41, 5.74) is 11.8. The van der Waals surface area contributed by atoms with Crippen molar-refractivity contribution in [3.63, 3.8) is 0 Å². The van der Waals surface area contributed by atoms with Crippen LogP contribution in [-0.4, -0.2) is 40.4 Å². The molecule has 3 heterocycles. The van der Waals surface area contributed by atoms with Crippen LogP contribution in [0.1, 0.15) is 0 Å². The van der Waals surface area contributed by atoms with Crippen LogP contribution in [0.4, 0.5) is 5.69 Å². The van der Waals surface area contributed by atoms with Gasteiger partial charge in [0.25, 0.3) is 0 Å². The van der Waals surface area contributed by atoms with Crippen LogP contribution >= 0.6 is 0 Å². The fourth-order valence-electron chi connectivity index (χ4n) is 4.35. The van der Waals surface area contributed by atoms with Gasteiger partial charge in [-0.15, -0.1) is 4.99 Å². The Hall–Kier alpha value is -5.04. The highest BCUT2D eigenvalue weighted by Gasteiger charge is 2.19. The lowest BCUT2D eigenvalue weighted by atomic mass is 10.0. The Kier molecular flexibility index (Phi) is 5.66. The number of rotatable bonds is 5. The molecule has 10 heteroatoms. The van der Waals surface area contributed by atoms with E-state index >= 15 is 0 Å². The molecule has 5 rings (SSSR count). The number of nitrogens with zero attached hydrogens (tertiary/aromatic N) is 6. The summed E-state index contributed by atoms with van der Waals surface area (Å²) < 4.78 is 20.0. The number of aromatic nitrogens is 4. The molecule has 0 aliphatic heterocycles. The molecular weight excluding hydrogens is 458 g/mol. The van der Waals surface area contributed by atoms with E-state index in [4.69, 9.17) is 19.9 Å². The molecule has 0 aliphatic rings. The van der Waals surface area contributed by atoms with Crippen molar-refractivity contribution in [3.8, 4) is 40.4 Å². The average Bonchev–Trinajstić information content (AvgIpc) is 3.19. The molecule has 0 unspecified atom stereocenters. The second-order valence-corrected chi connectivity index (χ2v) is 7.99. The number of hydrogen-bond donors (Lipinski definition) is 1. The summed E-state index contributed by atoms with van der Waals surface area (Å²) in [6.07, 6.45) is 5.41. The molecule has 180 valence electrons. The second-order valence-electron chi connectivity index (χ2n) is 7.99. The molecule has 5 aromatic rings. The number of anilines is 1. The van der Waals surface area contributed by atoms with E-state index in [0.717, 1.165) is 33.1 Å². The Morgan fingerprint density at radius 2 is 1.78 bits per heavy atom. The Morgan fingerprint density at radius 3 is 2.47 bits per heavy atom. The number of imidazole rings is 1. The molecule has 0 saturated carbocycles. The van der Waals surface area contributed by atoms with Crippen molar-refractivity contribution in [3.05, 3.63) is 60.5 Å². The molecule has 0 fully saturated rings. The van der Waals surface area contributed by atoms with Gasteiger partial charge in [0.05, 0.1) is 55.5 Å². The number of fused-ring (bicyclic) bond motifs is 3. The highest BCUT2D eigenvalue weighted by atomic mass is 16.5. The maximum atomic E-state index is 9.48. The quantitative estimate of drug-likeness (QED) is 0.380. The molecule has 3 aromatic heterocycles. The Morgan fingerprint density at radius 1 is 0.944 bits per heavy atom. The van der Waals surface area contributed by atoms with Crippen LogP contribution in [0, 0.1) is 11.5 Å². The van der Waals surface area contributed by atoms with E-state index in [1.54, 1.807) is 32.7 Å². The standard InChI is InChI=1S/C26H23N7O3/c1-32-22-13-29-20-7-5-15(16-10-19(28)25(36-4)30-12-16)9-18(20)24(22)33(26(32)31-14-27)21-8-6-17(34-2)11-23(21)35-3/h5-13H,28H2,1-4H3/b31-26-. The van der Waals surface area contributed by atoms with E-state index in [2.05, 4.69) is 15.0 Å². The fourth-order valence-corrected chi connectivity index (χ4v) is 4.35.